The standard InChI is InChI=1S/C17H22N2O2/c1-12-10-15(18-8-9-21-11-13-6-7-13)14-4-3-5-16(20-2)17(14)19-12/h3-5,10,13H,6-9,11H2,1-2H3,(H,18,19). The summed E-state index contributed by atoms with van der Waals surface area (Å²) in [5.74, 6) is 1.63. The van der Waals surface area contributed by atoms with Gasteiger partial charge in [-0.2, -0.15) is 0 Å². The van der Waals surface area contributed by atoms with E-state index in [9.17, 15) is 0 Å². The lowest BCUT2D eigenvalue weighted by Crippen LogP contribution is -2.11. The molecule has 1 saturated carbocycles. The maximum absolute atomic E-state index is 5.66. The van der Waals surface area contributed by atoms with Crippen LogP contribution in [0, 0.1) is 12.8 Å². The molecule has 21 heavy (non-hydrogen) atoms. The van der Waals surface area contributed by atoms with Crippen LogP contribution in [0.5, 0.6) is 5.75 Å². The first-order chi connectivity index (χ1) is 10.3. The molecule has 1 N–H and O–H groups in total. The summed E-state index contributed by atoms with van der Waals surface area (Å²) >= 11 is 0. The van der Waals surface area contributed by atoms with Crippen LogP contribution in [0.2, 0.25) is 0 Å². The molecule has 0 saturated heterocycles. The monoisotopic (exact) mass is 286 g/mol. The summed E-state index contributed by atoms with van der Waals surface area (Å²) in [6.07, 6.45) is 2.67. The summed E-state index contributed by atoms with van der Waals surface area (Å²) in [5.41, 5.74) is 2.97. The summed E-state index contributed by atoms with van der Waals surface area (Å²) in [5, 5.41) is 4.54. The predicted molar refractivity (Wildman–Crippen MR) is 85.1 cm³/mol. The third kappa shape index (κ3) is 3.45. The molecule has 1 aromatic heterocycles. The van der Waals surface area contributed by atoms with Crippen LogP contribution in [0.4, 0.5) is 5.69 Å². The van der Waals surface area contributed by atoms with Crippen molar-refractivity contribution < 1.29 is 9.47 Å². The summed E-state index contributed by atoms with van der Waals surface area (Å²) in [6.45, 7) is 4.46. The number of nitrogens with zero attached hydrogens (tertiary/aromatic N) is 1. The molecule has 1 aromatic carbocycles. The second kappa shape index (κ2) is 6.31. The van der Waals surface area contributed by atoms with Crippen molar-refractivity contribution in [3.8, 4) is 5.75 Å². The molecule has 4 nitrogen and oxygen atoms in total. The van der Waals surface area contributed by atoms with Gasteiger partial charge in [-0.05, 0) is 37.8 Å². The van der Waals surface area contributed by atoms with Crippen molar-refractivity contribution in [2.24, 2.45) is 5.92 Å². The van der Waals surface area contributed by atoms with Crippen LogP contribution in [-0.2, 0) is 4.74 Å². The topological polar surface area (TPSA) is 43.4 Å². The molecule has 1 aliphatic rings. The first-order valence-electron chi connectivity index (χ1n) is 7.54. The van der Waals surface area contributed by atoms with Crippen LogP contribution in [0.1, 0.15) is 18.5 Å². The van der Waals surface area contributed by atoms with Crippen LogP contribution in [0.25, 0.3) is 10.9 Å². The molecule has 0 spiro atoms. The van der Waals surface area contributed by atoms with Crippen LogP contribution >= 0.6 is 0 Å². The molecule has 2 aromatic rings. The average molecular weight is 286 g/mol. The van der Waals surface area contributed by atoms with Gasteiger partial charge in [0, 0.05) is 29.9 Å². The van der Waals surface area contributed by atoms with E-state index in [0.29, 0.717) is 0 Å². The highest BCUT2D eigenvalue weighted by atomic mass is 16.5. The molecule has 0 amide bonds. The van der Waals surface area contributed by atoms with Gasteiger partial charge < -0.3 is 14.8 Å². The smallest absolute Gasteiger partial charge is 0.145 e. The van der Waals surface area contributed by atoms with Gasteiger partial charge in [0.15, 0.2) is 0 Å². The van der Waals surface area contributed by atoms with Crippen molar-refractivity contribution in [3.63, 3.8) is 0 Å². The zero-order valence-electron chi connectivity index (χ0n) is 12.7. The van der Waals surface area contributed by atoms with Gasteiger partial charge in [-0.1, -0.05) is 12.1 Å². The van der Waals surface area contributed by atoms with Crippen molar-refractivity contribution in [2.75, 3.05) is 32.2 Å². The number of hydrogen-bond donors (Lipinski definition) is 1. The highest BCUT2D eigenvalue weighted by molar-refractivity contribution is 5.95. The van der Waals surface area contributed by atoms with Gasteiger partial charge in [0.25, 0.3) is 0 Å². The summed E-state index contributed by atoms with van der Waals surface area (Å²) in [6, 6.07) is 8.07. The fraction of sp³-hybridized carbons (Fsp3) is 0.471. The van der Waals surface area contributed by atoms with Gasteiger partial charge in [-0.3, -0.25) is 0 Å². The van der Waals surface area contributed by atoms with Gasteiger partial charge >= 0.3 is 0 Å². The van der Waals surface area contributed by atoms with Crippen molar-refractivity contribution in [2.45, 2.75) is 19.8 Å². The third-order valence-electron chi connectivity index (χ3n) is 3.76. The molecular weight excluding hydrogens is 264 g/mol. The number of aromatic nitrogens is 1. The summed E-state index contributed by atoms with van der Waals surface area (Å²) < 4.78 is 11.1. The van der Waals surface area contributed by atoms with E-state index in [1.165, 1.54) is 12.8 Å². The van der Waals surface area contributed by atoms with Crippen LogP contribution in [0.3, 0.4) is 0 Å². The molecule has 0 aliphatic heterocycles. The van der Waals surface area contributed by atoms with Gasteiger partial charge in [-0.15, -0.1) is 0 Å². The fourth-order valence-electron chi connectivity index (χ4n) is 2.45. The lowest BCUT2D eigenvalue weighted by Gasteiger charge is -2.12. The quantitative estimate of drug-likeness (QED) is 0.792. The molecule has 4 heteroatoms. The zero-order chi connectivity index (χ0) is 14.7. The number of benzene rings is 1. The lowest BCUT2D eigenvalue weighted by atomic mass is 10.1. The predicted octanol–water partition coefficient (Wildman–Crippen LogP) is 3.39. The minimum absolute atomic E-state index is 0.739. The largest absolute Gasteiger partial charge is 0.494 e. The number of methoxy groups -OCH3 is 1. The molecule has 0 bridgehead atoms. The number of ether oxygens (including phenoxy) is 2. The third-order valence-corrected chi connectivity index (χ3v) is 3.76. The van der Waals surface area contributed by atoms with E-state index < -0.39 is 0 Å². The Bertz CT molecular complexity index is 623. The number of nitrogens with one attached hydrogen (secondary N) is 1. The van der Waals surface area contributed by atoms with Crippen molar-refractivity contribution in [1.29, 1.82) is 0 Å². The number of aryl methyl sites for hydroxylation is 1. The highest BCUT2D eigenvalue weighted by Crippen LogP contribution is 2.30. The minimum Gasteiger partial charge on any atom is -0.494 e. The van der Waals surface area contributed by atoms with E-state index in [1.807, 2.05) is 19.1 Å². The number of pyridine rings is 1. The molecule has 0 atom stereocenters. The Labute approximate surface area is 125 Å². The van der Waals surface area contributed by atoms with Crippen molar-refractivity contribution in [3.05, 3.63) is 30.0 Å². The van der Waals surface area contributed by atoms with Crippen LogP contribution in [-0.4, -0.2) is 31.9 Å². The fourth-order valence-corrected chi connectivity index (χ4v) is 2.45. The van der Waals surface area contributed by atoms with E-state index in [-0.39, 0.29) is 0 Å². The van der Waals surface area contributed by atoms with Gasteiger partial charge in [0.05, 0.1) is 13.7 Å². The average Bonchev–Trinajstić information content (AvgIpc) is 3.30. The normalized spacial score (nSPS) is 14.4. The molecule has 0 radical (unpaired) electrons. The Morgan fingerprint density at radius 1 is 1.33 bits per heavy atom. The molecular formula is C17H22N2O2. The van der Waals surface area contributed by atoms with E-state index in [4.69, 9.17) is 9.47 Å². The zero-order valence-corrected chi connectivity index (χ0v) is 12.7. The Morgan fingerprint density at radius 2 is 2.19 bits per heavy atom. The van der Waals surface area contributed by atoms with Gasteiger partial charge in [0.1, 0.15) is 11.3 Å². The summed E-state index contributed by atoms with van der Waals surface area (Å²) in [7, 11) is 1.68. The number of hydrogen-bond acceptors (Lipinski definition) is 4. The van der Waals surface area contributed by atoms with Gasteiger partial charge in [-0.25, -0.2) is 4.98 Å². The van der Waals surface area contributed by atoms with E-state index in [2.05, 4.69) is 22.4 Å². The Balaban J connectivity index is 1.71. The lowest BCUT2D eigenvalue weighted by molar-refractivity contribution is 0.134. The number of para-hydroxylation sites is 1. The van der Waals surface area contributed by atoms with E-state index in [1.54, 1.807) is 7.11 Å². The SMILES string of the molecule is COc1cccc2c(NCCOCC3CC3)cc(C)nc12. The number of fused-ring (bicyclic) bond motifs is 1. The van der Waals surface area contributed by atoms with Crippen molar-refractivity contribution >= 4 is 16.6 Å². The molecule has 1 fully saturated rings. The minimum atomic E-state index is 0.739. The maximum Gasteiger partial charge on any atom is 0.145 e. The first-order valence-corrected chi connectivity index (χ1v) is 7.54. The molecule has 3 rings (SSSR count). The Morgan fingerprint density at radius 3 is 2.95 bits per heavy atom. The summed E-state index contributed by atoms with van der Waals surface area (Å²) in [4.78, 5) is 4.59. The maximum atomic E-state index is 5.66. The molecule has 1 aliphatic carbocycles. The second-order valence-electron chi connectivity index (χ2n) is 5.61. The number of anilines is 1. The van der Waals surface area contributed by atoms with E-state index in [0.717, 1.165) is 53.7 Å². The second-order valence-corrected chi connectivity index (χ2v) is 5.61. The van der Waals surface area contributed by atoms with Gasteiger partial charge in [0.2, 0.25) is 0 Å². The molecule has 112 valence electrons. The van der Waals surface area contributed by atoms with Crippen LogP contribution < -0.4 is 10.1 Å². The Kier molecular flexibility index (Phi) is 4.25. The van der Waals surface area contributed by atoms with E-state index >= 15 is 0 Å². The molecule has 0 unspecified atom stereocenters. The van der Waals surface area contributed by atoms with Crippen LogP contribution in [0.15, 0.2) is 24.3 Å². The first kappa shape index (κ1) is 14.1. The van der Waals surface area contributed by atoms with Crippen molar-refractivity contribution in [1.82, 2.24) is 4.98 Å². The number of rotatable bonds is 7. The highest BCUT2D eigenvalue weighted by Gasteiger charge is 2.20. The molecule has 1 heterocycles. The Hall–Kier alpha value is -1.81.